The maximum Gasteiger partial charge on any atom is 0.254 e. The van der Waals surface area contributed by atoms with Crippen LogP contribution in [-0.2, 0) is 0 Å². The van der Waals surface area contributed by atoms with Gasteiger partial charge in [0, 0.05) is 18.7 Å². The number of hydrogen-bond donors (Lipinski definition) is 0. The summed E-state index contributed by atoms with van der Waals surface area (Å²) in [5.74, 6) is 1.13. The zero-order valence-corrected chi connectivity index (χ0v) is 14.3. The van der Waals surface area contributed by atoms with Gasteiger partial charge < -0.3 is 14.4 Å². The van der Waals surface area contributed by atoms with E-state index >= 15 is 0 Å². The Morgan fingerprint density at radius 1 is 1.00 bits per heavy atom. The summed E-state index contributed by atoms with van der Waals surface area (Å²) < 4.78 is 10.5. The second kappa shape index (κ2) is 7.18. The van der Waals surface area contributed by atoms with Crippen molar-refractivity contribution < 1.29 is 14.3 Å². The molecule has 122 valence electrons. The summed E-state index contributed by atoms with van der Waals surface area (Å²) in [5, 5.41) is 0. The fraction of sp³-hybridized carbons (Fsp3) is 0.316. The van der Waals surface area contributed by atoms with Crippen molar-refractivity contribution in [3.05, 3.63) is 59.2 Å². The summed E-state index contributed by atoms with van der Waals surface area (Å²) in [4.78, 5) is 14.5. The van der Waals surface area contributed by atoms with Crippen molar-refractivity contribution in [2.24, 2.45) is 0 Å². The summed E-state index contributed by atoms with van der Waals surface area (Å²) in [5.41, 5.74) is 2.84. The molecular formula is C19H23NO3. The van der Waals surface area contributed by atoms with E-state index in [9.17, 15) is 4.79 Å². The van der Waals surface area contributed by atoms with Crippen molar-refractivity contribution in [1.82, 2.24) is 4.90 Å². The molecule has 1 atom stereocenters. The Morgan fingerprint density at radius 2 is 1.52 bits per heavy atom. The van der Waals surface area contributed by atoms with Crippen LogP contribution in [0.4, 0.5) is 0 Å². The first-order valence-electron chi connectivity index (χ1n) is 7.53. The van der Waals surface area contributed by atoms with Gasteiger partial charge in [-0.2, -0.15) is 0 Å². The Kier molecular flexibility index (Phi) is 5.27. The van der Waals surface area contributed by atoms with E-state index in [0.717, 1.165) is 5.56 Å². The number of benzene rings is 2. The Bertz CT molecular complexity index is 657. The molecule has 0 spiro atoms. The van der Waals surface area contributed by atoms with E-state index in [1.165, 1.54) is 5.56 Å². The Hall–Kier alpha value is -2.49. The molecule has 0 fully saturated rings. The van der Waals surface area contributed by atoms with Gasteiger partial charge in [-0.25, -0.2) is 0 Å². The minimum Gasteiger partial charge on any atom is -0.497 e. The molecule has 0 aromatic heterocycles. The molecule has 0 heterocycles. The van der Waals surface area contributed by atoms with Crippen LogP contribution >= 0.6 is 0 Å². The average Bonchev–Trinajstić information content (AvgIpc) is 2.59. The fourth-order valence-corrected chi connectivity index (χ4v) is 2.38. The lowest BCUT2D eigenvalue weighted by atomic mass is 10.0. The maximum atomic E-state index is 12.8. The molecule has 1 amide bonds. The van der Waals surface area contributed by atoms with Crippen LogP contribution in [-0.4, -0.2) is 32.1 Å². The van der Waals surface area contributed by atoms with Gasteiger partial charge in [0.1, 0.15) is 11.5 Å². The smallest absolute Gasteiger partial charge is 0.254 e. The van der Waals surface area contributed by atoms with Crippen molar-refractivity contribution in [2.75, 3.05) is 21.3 Å². The normalized spacial score (nSPS) is 11.7. The van der Waals surface area contributed by atoms with Gasteiger partial charge in [0.15, 0.2) is 0 Å². The van der Waals surface area contributed by atoms with Crippen LogP contribution in [0.2, 0.25) is 0 Å². The van der Waals surface area contributed by atoms with Crippen molar-refractivity contribution in [1.29, 1.82) is 0 Å². The number of amides is 1. The van der Waals surface area contributed by atoms with Gasteiger partial charge in [0.05, 0.1) is 20.3 Å². The third-order valence-corrected chi connectivity index (χ3v) is 4.06. The predicted molar refractivity (Wildman–Crippen MR) is 91.2 cm³/mol. The molecule has 2 rings (SSSR count). The van der Waals surface area contributed by atoms with Crippen LogP contribution in [0, 0.1) is 6.92 Å². The molecule has 0 bridgehead atoms. The molecule has 0 aliphatic heterocycles. The topological polar surface area (TPSA) is 38.8 Å². The number of aryl methyl sites for hydroxylation is 1. The molecule has 2 aromatic carbocycles. The van der Waals surface area contributed by atoms with Crippen molar-refractivity contribution in [3.63, 3.8) is 0 Å². The summed E-state index contributed by atoms with van der Waals surface area (Å²) in [6, 6.07) is 13.4. The average molecular weight is 313 g/mol. The number of methoxy groups -OCH3 is 2. The molecule has 0 N–H and O–H groups in total. The lowest BCUT2D eigenvalue weighted by molar-refractivity contribution is 0.0742. The van der Waals surface area contributed by atoms with Crippen LogP contribution < -0.4 is 9.47 Å². The molecule has 0 aliphatic rings. The number of nitrogens with zero attached hydrogens (tertiary/aromatic N) is 1. The first-order valence-corrected chi connectivity index (χ1v) is 7.53. The molecule has 0 aliphatic carbocycles. The molecule has 0 saturated carbocycles. The molecule has 1 unspecified atom stereocenters. The largest absolute Gasteiger partial charge is 0.497 e. The number of carbonyl (C=O) groups is 1. The van der Waals surface area contributed by atoms with Gasteiger partial charge in [0.25, 0.3) is 5.91 Å². The molecule has 23 heavy (non-hydrogen) atoms. The highest BCUT2D eigenvalue weighted by Gasteiger charge is 2.20. The van der Waals surface area contributed by atoms with E-state index in [-0.39, 0.29) is 11.9 Å². The maximum absolute atomic E-state index is 12.8. The Balaban J connectivity index is 2.26. The first kappa shape index (κ1) is 16.9. The van der Waals surface area contributed by atoms with E-state index in [1.54, 1.807) is 44.4 Å². The summed E-state index contributed by atoms with van der Waals surface area (Å²) >= 11 is 0. The third kappa shape index (κ3) is 3.83. The Morgan fingerprint density at radius 3 is 2.00 bits per heavy atom. The molecular weight excluding hydrogens is 290 g/mol. The van der Waals surface area contributed by atoms with Crippen molar-refractivity contribution in [3.8, 4) is 11.5 Å². The van der Waals surface area contributed by atoms with Crippen LogP contribution in [0.3, 0.4) is 0 Å². The standard InChI is InChI=1S/C19H23NO3/c1-13-6-8-15(9-7-13)14(2)20(3)19(21)16-10-17(22-4)12-18(11-16)23-5/h6-12,14H,1-5H3. The van der Waals surface area contributed by atoms with Gasteiger partial charge in [-0.05, 0) is 31.5 Å². The Labute approximate surface area is 137 Å². The van der Waals surface area contributed by atoms with E-state index in [1.807, 2.05) is 13.8 Å². The van der Waals surface area contributed by atoms with Crippen LogP contribution in [0.15, 0.2) is 42.5 Å². The summed E-state index contributed by atoms with van der Waals surface area (Å²) in [6.45, 7) is 4.06. The quantitative estimate of drug-likeness (QED) is 0.841. The van der Waals surface area contributed by atoms with E-state index in [2.05, 4.69) is 24.3 Å². The number of ether oxygens (including phenoxy) is 2. The minimum atomic E-state index is -0.0738. The second-order valence-corrected chi connectivity index (χ2v) is 5.60. The van der Waals surface area contributed by atoms with Crippen LogP contribution in [0.1, 0.15) is 34.5 Å². The summed E-state index contributed by atoms with van der Waals surface area (Å²) in [7, 11) is 4.95. The highest BCUT2D eigenvalue weighted by atomic mass is 16.5. The van der Waals surface area contributed by atoms with Crippen LogP contribution in [0.25, 0.3) is 0 Å². The van der Waals surface area contributed by atoms with Crippen molar-refractivity contribution >= 4 is 5.91 Å². The van der Waals surface area contributed by atoms with Crippen LogP contribution in [0.5, 0.6) is 11.5 Å². The van der Waals surface area contributed by atoms with Gasteiger partial charge >= 0.3 is 0 Å². The number of rotatable bonds is 5. The number of hydrogen-bond acceptors (Lipinski definition) is 3. The van der Waals surface area contributed by atoms with Gasteiger partial charge in [-0.15, -0.1) is 0 Å². The number of carbonyl (C=O) groups excluding carboxylic acids is 1. The second-order valence-electron chi connectivity index (χ2n) is 5.60. The molecule has 0 saturated heterocycles. The van der Waals surface area contributed by atoms with E-state index < -0.39 is 0 Å². The molecule has 2 aromatic rings. The minimum absolute atomic E-state index is 0.0275. The van der Waals surface area contributed by atoms with E-state index in [4.69, 9.17) is 9.47 Å². The molecule has 4 heteroatoms. The zero-order valence-electron chi connectivity index (χ0n) is 14.3. The lowest BCUT2D eigenvalue weighted by Crippen LogP contribution is -2.29. The SMILES string of the molecule is COc1cc(OC)cc(C(=O)N(C)C(C)c2ccc(C)cc2)c1. The van der Waals surface area contributed by atoms with Gasteiger partial charge in [-0.3, -0.25) is 4.79 Å². The third-order valence-electron chi connectivity index (χ3n) is 4.06. The zero-order chi connectivity index (χ0) is 17.0. The fourth-order valence-electron chi connectivity index (χ4n) is 2.38. The lowest BCUT2D eigenvalue weighted by Gasteiger charge is -2.26. The predicted octanol–water partition coefficient (Wildman–Crippen LogP) is 3.85. The monoisotopic (exact) mass is 313 g/mol. The summed E-state index contributed by atoms with van der Waals surface area (Å²) in [6.07, 6.45) is 0. The first-order chi connectivity index (χ1) is 11.0. The van der Waals surface area contributed by atoms with Gasteiger partial charge in [0.2, 0.25) is 0 Å². The molecule has 4 nitrogen and oxygen atoms in total. The highest BCUT2D eigenvalue weighted by Crippen LogP contribution is 2.26. The van der Waals surface area contributed by atoms with E-state index in [0.29, 0.717) is 17.1 Å². The highest BCUT2D eigenvalue weighted by molar-refractivity contribution is 5.95. The van der Waals surface area contributed by atoms with Gasteiger partial charge in [-0.1, -0.05) is 29.8 Å². The molecule has 0 radical (unpaired) electrons. The van der Waals surface area contributed by atoms with Crippen molar-refractivity contribution in [2.45, 2.75) is 19.9 Å².